The number of rotatable bonds is 5. The first-order chi connectivity index (χ1) is 13.0. The Morgan fingerprint density at radius 2 is 1.74 bits per heavy atom. The van der Waals surface area contributed by atoms with Crippen molar-refractivity contribution in [3.63, 3.8) is 0 Å². The van der Waals surface area contributed by atoms with Crippen LogP contribution >= 0.6 is 0 Å². The van der Waals surface area contributed by atoms with Gasteiger partial charge in [0.25, 0.3) is 0 Å². The Morgan fingerprint density at radius 3 is 2.33 bits per heavy atom. The highest BCUT2D eigenvalue weighted by atomic mass is 19.1. The highest BCUT2D eigenvalue weighted by molar-refractivity contribution is 6.08. The average Bonchev–Trinajstić information content (AvgIpc) is 3.04. The monoisotopic (exact) mass is 368 g/mol. The van der Waals surface area contributed by atoms with Gasteiger partial charge in [0.05, 0.1) is 11.8 Å². The summed E-state index contributed by atoms with van der Waals surface area (Å²) in [4.78, 5) is 38.8. The lowest BCUT2D eigenvalue weighted by molar-refractivity contribution is -0.144. The van der Waals surface area contributed by atoms with Gasteiger partial charge in [0, 0.05) is 12.0 Å². The topological polar surface area (TPSA) is 66.5 Å². The van der Waals surface area contributed by atoms with Gasteiger partial charge >= 0.3 is 0 Å². The van der Waals surface area contributed by atoms with Crippen LogP contribution in [0.4, 0.5) is 4.39 Å². The average molecular weight is 368 g/mol. The standard InChI is InChI=1S/C21H21FN2O3/c22-15-4-2-1-3-14(15)21(7-8-21)11-23-16(25)10-24-19(26)17-12-5-6-13(9-12)18(17)20(24)27/h1-6,12-13,17-18H,7-11H2,(H,23,25)/t12-,13-,17+,18+/m0/s1. The molecule has 0 spiro atoms. The summed E-state index contributed by atoms with van der Waals surface area (Å²) in [5.41, 5.74) is 0.260. The van der Waals surface area contributed by atoms with Crippen molar-refractivity contribution in [1.82, 2.24) is 10.2 Å². The number of allylic oxidation sites excluding steroid dienone is 2. The van der Waals surface area contributed by atoms with Crippen LogP contribution in [0.3, 0.4) is 0 Å². The Balaban J connectivity index is 1.23. The van der Waals surface area contributed by atoms with Crippen molar-refractivity contribution in [3.05, 3.63) is 47.8 Å². The fourth-order valence-electron chi connectivity index (χ4n) is 5.17. The number of likely N-dealkylation sites (tertiary alicyclic amines) is 1. The molecule has 2 saturated carbocycles. The number of benzene rings is 1. The number of halogens is 1. The zero-order chi connectivity index (χ0) is 18.8. The highest BCUT2D eigenvalue weighted by Gasteiger charge is 2.59. The summed E-state index contributed by atoms with van der Waals surface area (Å²) >= 11 is 0. The molecule has 4 atom stereocenters. The first-order valence-electron chi connectivity index (χ1n) is 9.55. The molecule has 0 radical (unpaired) electrons. The smallest absolute Gasteiger partial charge is 0.240 e. The number of amides is 3. The van der Waals surface area contributed by atoms with E-state index in [1.54, 1.807) is 18.2 Å². The first kappa shape index (κ1) is 16.7. The molecule has 0 aromatic heterocycles. The van der Waals surface area contributed by atoms with Gasteiger partial charge in [-0.25, -0.2) is 4.39 Å². The van der Waals surface area contributed by atoms with E-state index in [2.05, 4.69) is 5.32 Å². The molecule has 1 aliphatic heterocycles. The summed E-state index contributed by atoms with van der Waals surface area (Å²) in [6.45, 7) is 0.0834. The molecule has 3 aliphatic carbocycles. The van der Waals surface area contributed by atoms with Crippen LogP contribution in [0.15, 0.2) is 36.4 Å². The second-order valence-electron chi connectivity index (χ2n) is 8.30. The van der Waals surface area contributed by atoms with Crippen molar-refractivity contribution in [2.24, 2.45) is 23.7 Å². The van der Waals surface area contributed by atoms with Crippen LogP contribution in [0.5, 0.6) is 0 Å². The number of hydrogen-bond donors (Lipinski definition) is 1. The zero-order valence-electron chi connectivity index (χ0n) is 14.9. The van der Waals surface area contributed by atoms with Gasteiger partial charge in [-0.05, 0) is 42.7 Å². The summed E-state index contributed by atoms with van der Waals surface area (Å²) in [5, 5.41) is 2.82. The predicted molar refractivity (Wildman–Crippen MR) is 94.8 cm³/mol. The van der Waals surface area contributed by atoms with Gasteiger partial charge in [0.2, 0.25) is 17.7 Å². The number of carbonyl (C=O) groups is 3. The number of hydrogen-bond acceptors (Lipinski definition) is 3. The maximum Gasteiger partial charge on any atom is 0.240 e. The molecule has 0 unspecified atom stereocenters. The van der Waals surface area contributed by atoms with E-state index >= 15 is 0 Å². The molecule has 6 heteroatoms. The Morgan fingerprint density at radius 1 is 1.11 bits per heavy atom. The van der Waals surface area contributed by atoms with Gasteiger partial charge in [-0.2, -0.15) is 0 Å². The van der Waals surface area contributed by atoms with Crippen molar-refractivity contribution in [3.8, 4) is 0 Å². The fourth-order valence-corrected chi connectivity index (χ4v) is 5.17. The minimum absolute atomic E-state index is 0.139. The highest BCUT2D eigenvalue weighted by Crippen LogP contribution is 2.52. The lowest BCUT2D eigenvalue weighted by Gasteiger charge is -2.20. The maximum atomic E-state index is 14.1. The molecule has 1 saturated heterocycles. The molecular formula is C21H21FN2O3. The largest absolute Gasteiger partial charge is 0.354 e. The summed E-state index contributed by atoms with van der Waals surface area (Å²) in [5.74, 6) is -1.34. The Bertz CT molecular complexity index is 846. The number of carbonyl (C=O) groups excluding carboxylic acids is 3. The van der Waals surface area contributed by atoms with E-state index in [1.807, 2.05) is 12.2 Å². The Labute approximate surface area is 156 Å². The van der Waals surface area contributed by atoms with E-state index in [0.29, 0.717) is 12.1 Å². The van der Waals surface area contributed by atoms with Crippen LogP contribution in [0.2, 0.25) is 0 Å². The third-order valence-corrected chi connectivity index (χ3v) is 6.79. The van der Waals surface area contributed by atoms with Gasteiger partial charge in [-0.15, -0.1) is 0 Å². The minimum atomic E-state index is -0.362. The van der Waals surface area contributed by atoms with Gasteiger partial charge in [-0.1, -0.05) is 30.4 Å². The van der Waals surface area contributed by atoms with E-state index in [4.69, 9.17) is 0 Å². The van der Waals surface area contributed by atoms with Crippen LogP contribution in [-0.2, 0) is 19.8 Å². The van der Waals surface area contributed by atoms with E-state index < -0.39 is 0 Å². The number of nitrogens with zero attached hydrogens (tertiary/aromatic N) is 1. The van der Waals surface area contributed by atoms with E-state index in [9.17, 15) is 18.8 Å². The van der Waals surface area contributed by atoms with Gasteiger partial charge in [0.1, 0.15) is 12.4 Å². The Hall–Kier alpha value is -2.50. The number of imide groups is 1. The van der Waals surface area contributed by atoms with Crippen LogP contribution in [0, 0.1) is 29.5 Å². The molecule has 1 heterocycles. The van der Waals surface area contributed by atoms with E-state index in [1.165, 1.54) is 6.07 Å². The van der Waals surface area contributed by atoms with E-state index in [0.717, 1.165) is 24.2 Å². The molecule has 1 aromatic carbocycles. The van der Waals surface area contributed by atoms with Crippen LogP contribution < -0.4 is 5.32 Å². The molecule has 3 amide bonds. The summed E-state index contributed by atoms with van der Waals surface area (Å²) in [6, 6.07) is 6.63. The lowest BCUT2D eigenvalue weighted by Crippen LogP contribution is -2.43. The zero-order valence-corrected chi connectivity index (χ0v) is 14.9. The normalized spacial score (nSPS) is 32.1. The quantitative estimate of drug-likeness (QED) is 0.636. The number of fused-ring (bicyclic) bond motifs is 5. The Kier molecular flexibility index (Phi) is 3.55. The molecule has 4 aliphatic rings. The lowest BCUT2D eigenvalue weighted by atomic mass is 9.85. The third kappa shape index (κ3) is 2.46. The van der Waals surface area contributed by atoms with Crippen LogP contribution in [0.1, 0.15) is 24.8 Å². The first-order valence-corrected chi connectivity index (χ1v) is 9.55. The van der Waals surface area contributed by atoms with Crippen LogP contribution in [0.25, 0.3) is 0 Å². The van der Waals surface area contributed by atoms with Crippen molar-refractivity contribution in [2.45, 2.75) is 24.7 Å². The molecule has 27 heavy (non-hydrogen) atoms. The van der Waals surface area contributed by atoms with Crippen molar-refractivity contribution >= 4 is 17.7 Å². The molecule has 1 N–H and O–H groups in total. The molecule has 140 valence electrons. The summed E-state index contributed by atoms with van der Waals surface area (Å²) in [6.07, 6.45) is 6.57. The van der Waals surface area contributed by atoms with Gasteiger partial charge in [-0.3, -0.25) is 19.3 Å². The maximum absolute atomic E-state index is 14.1. The summed E-state index contributed by atoms with van der Waals surface area (Å²) < 4.78 is 14.1. The SMILES string of the molecule is O=C(CN1C(=O)[C@H]2[C@H](C1=O)[C@H]1C=C[C@H]2C1)NCC1(c2ccccc2F)CC1. The summed E-state index contributed by atoms with van der Waals surface area (Å²) in [7, 11) is 0. The van der Waals surface area contributed by atoms with Gasteiger partial charge < -0.3 is 5.32 Å². The second-order valence-corrected chi connectivity index (χ2v) is 8.30. The van der Waals surface area contributed by atoms with E-state index in [-0.39, 0.29) is 59.2 Å². The number of nitrogens with one attached hydrogen (secondary N) is 1. The van der Waals surface area contributed by atoms with Crippen molar-refractivity contribution < 1.29 is 18.8 Å². The molecule has 1 aromatic rings. The fraction of sp³-hybridized carbons (Fsp3) is 0.476. The third-order valence-electron chi connectivity index (χ3n) is 6.79. The van der Waals surface area contributed by atoms with Crippen LogP contribution in [-0.4, -0.2) is 35.7 Å². The molecular weight excluding hydrogens is 347 g/mol. The minimum Gasteiger partial charge on any atom is -0.354 e. The molecule has 2 bridgehead atoms. The molecule has 5 rings (SSSR count). The molecule has 3 fully saturated rings. The second kappa shape index (κ2) is 5.75. The predicted octanol–water partition coefficient (Wildman–Crippen LogP) is 1.78. The van der Waals surface area contributed by atoms with Gasteiger partial charge in [0.15, 0.2) is 0 Å². The molecule has 5 nitrogen and oxygen atoms in total. The van der Waals surface area contributed by atoms with Crippen molar-refractivity contribution in [1.29, 1.82) is 0 Å². The van der Waals surface area contributed by atoms with Crippen molar-refractivity contribution in [2.75, 3.05) is 13.1 Å².